The Bertz CT molecular complexity index is 584. The summed E-state index contributed by atoms with van der Waals surface area (Å²) in [5.41, 5.74) is 3.91. The first-order chi connectivity index (χ1) is 10.0. The van der Waals surface area contributed by atoms with Gasteiger partial charge in [-0.25, -0.2) is 4.39 Å². The average Bonchev–Trinajstić information content (AvgIpc) is 2.41. The van der Waals surface area contributed by atoms with Crippen molar-refractivity contribution in [2.75, 3.05) is 6.54 Å². The molecule has 1 N–H and O–H groups in total. The topological polar surface area (TPSA) is 12.0 Å². The summed E-state index contributed by atoms with van der Waals surface area (Å²) >= 11 is 6.25. The van der Waals surface area contributed by atoms with Crippen LogP contribution in [0.4, 0.5) is 4.39 Å². The Hall–Kier alpha value is -1.38. The van der Waals surface area contributed by atoms with E-state index < -0.39 is 0 Å². The molecular formula is C18H21ClFN. The van der Waals surface area contributed by atoms with Gasteiger partial charge in [0.05, 0.1) is 6.04 Å². The molecule has 0 aliphatic heterocycles. The second kappa shape index (κ2) is 7.06. The minimum absolute atomic E-state index is 0.225. The maximum Gasteiger partial charge on any atom is 0.129 e. The Labute approximate surface area is 131 Å². The predicted molar refractivity (Wildman–Crippen MR) is 87.5 cm³/mol. The van der Waals surface area contributed by atoms with Gasteiger partial charge in [0.2, 0.25) is 0 Å². The van der Waals surface area contributed by atoms with Crippen molar-refractivity contribution >= 4 is 11.6 Å². The summed E-state index contributed by atoms with van der Waals surface area (Å²) in [6.45, 7) is 7.00. The van der Waals surface area contributed by atoms with Crippen molar-refractivity contribution < 1.29 is 4.39 Å². The molecule has 0 bridgehead atoms. The van der Waals surface area contributed by atoms with Gasteiger partial charge in [0.1, 0.15) is 5.82 Å². The molecule has 21 heavy (non-hydrogen) atoms. The summed E-state index contributed by atoms with van der Waals surface area (Å²) < 4.78 is 14.3. The van der Waals surface area contributed by atoms with Gasteiger partial charge in [0, 0.05) is 10.6 Å². The maximum absolute atomic E-state index is 14.3. The molecule has 3 heteroatoms. The van der Waals surface area contributed by atoms with Crippen LogP contribution in [0.3, 0.4) is 0 Å². The van der Waals surface area contributed by atoms with Gasteiger partial charge in [-0.3, -0.25) is 0 Å². The van der Waals surface area contributed by atoms with E-state index >= 15 is 0 Å². The zero-order valence-electron chi connectivity index (χ0n) is 12.7. The van der Waals surface area contributed by atoms with Crippen molar-refractivity contribution in [2.24, 2.45) is 0 Å². The van der Waals surface area contributed by atoms with Gasteiger partial charge in [-0.15, -0.1) is 0 Å². The second-order valence-electron chi connectivity index (χ2n) is 5.44. The lowest BCUT2D eigenvalue weighted by Crippen LogP contribution is -2.24. The Kier molecular flexibility index (Phi) is 5.38. The molecule has 0 saturated carbocycles. The smallest absolute Gasteiger partial charge is 0.129 e. The van der Waals surface area contributed by atoms with Crippen LogP contribution in [0.5, 0.6) is 0 Å². The van der Waals surface area contributed by atoms with Gasteiger partial charge >= 0.3 is 0 Å². The molecule has 0 fully saturated rings. The second-order valence-corrected chi connectivity index (χ2v) is 5.85. The average molecular weight is 306 g/mol. The Balaban J connectivity index is 2.52. The van der Waals surface area contributed by atoms with Crippen molar-refractivity contribution in [3.63, 3.8) is 0 Å². The molecule has 0 heterocycles. The molecular weight excluding hydrogens is 285 g/mol. The standard InChI is InChI=1S/C18H21ClFN/c1-4-8-21-18(14-10-12(2)9-13(3)11-14)17-15(19)6-5-7-16(17)20/h5-7,9-11,18,21H,4,8H2,1-3H3. The zero-order chi connectivity index (χ0) is 15.4. The highest BCUT2D eigenvalue weighted by molar-refractivity contribution is 6.31. The van der Waals surface area contributed by atoms with Crippen molar-refractivity contribution in [3.8, 4) is 0 Å². The van der Waals surface area contributed by atoms with E-state index in [0.717, 1.165) is 18.5 Å². The van der Waals surface area contributed by atoms with Gasteiger partial charge in [-0.2, -0.15) is 0 Å². The molecule has 0 aliphatic rings. The first-order valence-electron chi connectivity index (χ1n) is 7.28. The minimum Gasteiger partial charge on any atom is -0.306 e. The molecule has 0 saturated heterocycles. The van der Waals surface area contributed by atoms with E-state index in [4.69, 9.17) is 11.6 Å². The summed E-state index contributed by atoms with van der Waals surface area (Å²) in [6.07, 6.45) is 0.980. The molecule has 1 unspecified atom stereocenters. The first kappa shape index (κ1) is 16.0. The quantitative estimate of drug-likeness (QED) is 0.802. The van der Waals surface area contributed by atoms with E-state index in [0.29, 0.717) is 10.6 Å². The lowest BCUT2D eigenvalue weighted by molar-refractivity contribution is 0.546. The predicted octanol–water partition coefficient (Wildman–Crippen LogP) is 5.18. The van der Waals surface area contributed by atoms with E-state index in [2.05, 4.69) is 44.3 Å². The van der Waals surface area contributed by atoms with Crippen LogP contribution in [0.15, 0.2) is 36.4 Å². The van der Waals surface area contributed by atoms with Gasteiger partial charge in [0.25, 0.3) is 0 Å². The van der Waals surface area contributed by atoms with Crippen LogP contribution in [0.25, 0.3) is 0 Å². The van der Waals surface area contributed by atoms with Crippen LogP contribution in [-0.4, -0.2) is 6.54 Å². The van der Waals surface area contributed by atoms with E-state index in [1.54, 1.807) is 12.1 Å². The number of hydrogen-bond donors (Lipinski definition) is 1. The van der Waals surface area contributed by atoms with Crippen LogP contribution < -0.4 is 5.32 Å². The van der Waals surface area contributed by atoms with Crippen LogP contribution in [-0.2, 0) is 0 Å². The summed E-state index contributed by atoms with van der Waals surface area (Å²) in [6, 6.07) is 10.9. The summed E-state index contributed by atoms with van der Waals surface area (Å²) in [5, 5.41) is 3.87. The van der Waals surface area contributed by atoms with Crippen molar-refractivity contribution in [2.45, 2.75) is 33.2 Å². The Morgan fingerprint density at radius 3 is 2.38 bits per heavy atom. The van der Waals surface area contributed by atoms with Gasteiger partial charge in [-0.05, 0) is 44.5 Å². The lowest BCUT2D eigenvalue weighted by atomic mass is 9.95. The lowest BCUT2D eigenvalue weighted by Gasteiger charge is -2.22. The number of benzene rings is 2. The Morgan fingerprint density at radius 2 is 1.81 bits per heavy atom. The zero-order valence-corrected chi connectivity index (χ0v) is 13.5. The molecule has 1 nitrogen and oxygen atoms in total. The molecule has 0 aromatic heterocycles. The van der Waals surface area contributed by atoms with E-state index in [9.17, 15) is 4.39 Å². The van der Waals surface area contributed by atoms with Crippen LogP contribution in [0.2, 0.25) is 5.02 Å². The highest BCUT2D eigenvalue weighted by Gasteiger charge is 2.20. The third-order valence-corrected chi connectivity index (χ3v) is 3.79. The fraction of sp³-hybridized carbons (Fsp3) is 0.333. The number of nitrogens with one attached hydrogen (secondary N) is 1. The minimum atomic E-state index is -0.268. The summed E-state index contributed by atoms with van der Waals surface area (Å²) in [4.78, 5) is 0. The number of halogens is 2. The molecule has 112 valence electrons. The molecule has 0 radical (unpaired) electrons. The Morgan fingerprint density at radius 1 is 1.14 bits per heavy atom. The normalized spacial score (nSPS) is 12.4. The van der Waals surface area contributed by atoms with E-state index in [1.807, 2.05) is 0 Å². The third kappa shape index (κ3) is 3.84. The van der Waals surface area contributed by atoms with Crippen molar-refractivity contribution in [1.82, 2.24) is 5.32 Å². The van der Waals surface area contributed by atoms with Crippen molar-refractivity contribution in [3.05, 3.63) is 69.5 Å². The largest absolute Gasteiger partial charge is 0.306 e. The van der Waals surface area contributed by atoms with E-state index in [1.165, 1.54) is 17.2 Å². The van der Waals surface area contributed by atoms with Crippen molar-refractivity contribution in [1.29, 1.82) is 0 Å². The number of hydrogen-bond acceptors (Lipinski definition) is 1. The highest BCUT2D eigenvalue weighted by atomic mass is 35.5. The van der Waals surface area contributed by atoms with Gasteiger partial charge in [-0.1, -0.05) is 53.9 Å². The highest BCUT2D eigenvalue weighted by Crippen LogP contribution is 2.31. The molecule has 0 spiro atoms. The first-order valence-corrected chi connectivity index (χ1v) is 7.66. The van der Waals surface area contributed by atoms with Crippen LogP contribution >= 0.6 is 11.6 Å². The van der Waals surface area contributed by atoms with Gasteiger partial charge in [0.15, 0.2) is 0 Å². The third-order valence-electron chi connectivity index (χ3n) is 3.46. The molecule has 0 aliphatic carbocycles. The molecule has 2 rings (SSSR count). The summed E-state index contributed by atoms with van der Waals surface area (Å²) in [5.74, 6) is -0.268. The molecule has 0 amide bonds. The van der Waals surface area contributed by atoms with E-state index in [-0.39, 0.29) is 11.9 Å². The maximum atomic E-state index is 14.3. The molecule has 2 aromatic carbocycles. The van der Waals surface area contributed by atoms with Gasteiger partial charge < -0.3 is 5.32 Å². The monoisotopic (exact) mass is 305 g/mol. The molecule has 1 atom stereocenters. The fourth-order valence-corrected chi connectivity index (χ4v) is 2.91. The SMILES string of the molecule is CCCNC(c1cc(C)cc(C)c1)c1c(F)cccc1Cl. The van der Waals surface area contributed by atoms with Crippen LogP contribution in [0, 0.1) is 19.7 Å². The number of rotatable bonds is 5. The number of aryl methyl sites for hydroxylation is 2. The van der Waals surface area contributed by atoms with Crippen LogP contribution in [0.1, 0.15) is 41.6 Å². The molecule has 2 aromatic rings. The summed E-state index contributed by atoms with van der Waals surface area (Å²) in [7, 11) is 0. The fourth-order valence-electron chi connectivity index (χ4n) is 2.64.